The van der Waals surface area contributed by atoms with Gasteiger partial charge in [-0.05, 0) is 25.7 Å². The summed E-state index contributed by atoms with van der Waals surface area (Å²) in [6.45, 7) is 4.43. The van der Waals surface area contributed by atoms with Gasteiger partial charge in [0.15, 0.2) is 0 Å². The van der Waals surface area contributed by atoms with Crippen molar-refractivity contribution in [1.82, 2.24) is 0 Å². The molecule has 0 aromatic rings. The SMILES string of the molecule is CCCC1CCC(CC)O1. The Balaban J connectivity index is 2.15. The van der Waals surface area contributed by atoms with Gasteiger partial charge >= 0.3 is 0 Å². The van der Waals surface area contributed by atoms with Crippen molar-refractivity contribution < 1.29 is 4.74 Å². The van der Waals surface area contributed by atoms with Gasteiger partial charge in [0, 0.05) is 0 Å². The van der Waals surface area contributed by atoms with Crippen molar-refractivity contribution in [2.75, 3.05) is 0 Å². The van der Waals surface area contributed by atoms with Gasteiger partial charge in [0.25, 0.3) is 0 Å². The molecule has 1 rings (SSSR count). The number of hydrogen-bond acceptors (Lipinski definition) is 1. The fraction of sp³-hybridized carbons (Fsp3) is 1.00. The minimum absolute atomic E-state index is 0.580. The predicted octanol–water partition coefficient (Wildman–Crippen LogP) is 2.74. The molecule has 1 aliphatic rings. The highest BCUT2D eigenvalue weighted by Gasteiger charge is 2.22. The third kappa shape index (κ3) is 1.98. The van der Waals surface area contributed by atoms with Crippen molar-refractivity contribution in [2.45, 2.75) is 58.2 Å². The zero-order valence-corrected chi connectivity index (χ0v) is 7.10. The van der Waals surface area contributed by atoms with Crippen molar-refractivity contribution in [2.24, 2.45) is 0 Å². The van der Waals surface area contributed by atoms with E-state index in [0.717, 1.165) is 0 Å². The molecule has 1 aliphatic heterocycles. The lowest BCUT2D eigenvalue weighted by atomic mass is 10.1. The van der Waals surface area contributed by atoms with Crippen molar-refractivity contribution >= 4 is 0 Å². The highest BCUT2D eigenvalue weighted by molar-refractivity contribution is 4.71. The van der Waals surface area contributed by atoms with Gasteiger partial charge in [0.05, 0.1) is 12.2 Å². The summed E-state index contributed by atoms with van der Waals surface area (Å²) in [4.78, 5) is 0. The minimum atomic E-state index is 0.580. The molecule has 0 aromatic carbocycles. The summed E-state index contributed by atoms with van der Waals surface area (Å²) >= 11 is 0. The molecular weight excluding hydrogens is 124 g/mol. The summed E-state index contributed by atoms with van der Waals surface area (Å²) in [6, 6.07) is 0. The quantitative estimate of drug-likeness (QED) is 0.588. The molecule has 0 aromatic heterocycles. The van der Waals surface area contributed by atoms with E-state index in [-0.39, 0.29) is 0 Å². The third-order valence-corrected chi connectivity index (χ3v) is 2.26. The van der Waals surface area contributed by atoms with Gasteiger partial charge in [-0.2, -0.15) is 0 Å². The maximum absolute atomic E-state index is 5.75. The molecule has 1 saturated heterocycles. The van der Waals surface area contributed by atoms with Gasteiger partial charge in [-0.3, -0.25) is 0 Å². The molecule has 0 saturated carbocycles. The second-order valence-corrected chi connectivity index (χ2v) is 3.15. The summed E-state index contributed by atoms with van der Waals surface area (Å²) in [5.41, 5.74) is 0. The van der Waals surface area contributed by atoms with Crippen LogP contribution in [0.5, 0.6) is 0 Å². The van der Waals surface area contributed by atoms with E-state index in [4.69, 9.17) is 4.74 Å². The topological polar surface area (TPSA) is 9.23 Å². The van der Waals surface area contributed by atoms with Crippen LogP contribution in [0.4, 0.5) is 0 Å². The van der Waals surface area contributed by atoms with E-state index in [0.29, 0.717) is 12.2 Å². The second kappa shape index (κ2) is 3.97. The summed E-state index contributed by atoms with van der Waals surface area (Å²) in [5, 5.41) is 0. The fourth-order valence-electron chi connectivity index (χ4n) is 1.61. The van der Waals surface area contributed by atoms with E-state index < -0.39 is 0 Å². The Morgan fingerprint density at radius 3 is 2.40 bits per heavy atom. The van der Waals surface area contributed by atoms with Gasteiger partial charge in [-0.15, -0.1) is 0 Å². The first kappa shape index (κ1) is 8.06. The summed E-state index contributed by atoms with van der Waals surface area (Å²) in [6.07, 6.45) is 7.48. The summed E-state index contributed by atoms with van der Waals surface area (Å²) in [7, 11) is 0. The van der Waals surface area contributed by atoms with Crippen molar-refractivity contribution in [3.63, 3.8) is 0 Å². The van der Waals surface area contributed by atoms with Gasteiger partial charge in [-0.1, -0.05) is 20.3 Å². The molecule has 0 N–H and O–H groups in total. The lowest BCUT2D eigenvalue weighted by molar-refractivity contribution is 0.0385. The van der Waals surface area contributed by atoms with E-state index in [1.807, 2.05) is 0 Å². The molecule has 10 heavy (non-hydrogen) atoms. The van der Waals surface area contributed by atoms with E-state index in [9.17, 15) is 0 Å². The zero-order valence-electron chi connectivity index (χ0n) is 7.10. The molecular formula is C9H18O. The Hall–Kier alpha value is -0.0400. The molecule has 0 bridgehead atoms. The van der Waals surface area contributed by atoms with E-state index in [1.165, 1.54) is 32.1 Å². The molecule has 1 heteroatoms. The minimum Gasteiger partial charge on any atom is -0.375 e. The fourth-order valence-corrected chi connectivity index (χ4v) is 1.61. The Bertz CT molecular complexity index is 90.7. The average Bonchev–Trinajstić information content (AvgIpc) is 2.37. The van der Waals surface area contributed by atoms with Crippen LogP contribution in [-0.2, 0) is 4.74 Å². The maximum Gasteiger partial charge on any atom is 0.0579 e. The summed E-state index contributed by atoms with van der Waals surface area (Å²) < 4.78 is 5.75. The summed E-state index contributed by atoms with van der Waals surface area (Å²) in [5.74, 6) is 0. The first-order chi connectivity index (χ1) is 4.86. The number of ether oxygens (including phenoxy) is 1. The van der Waals surface area contributed by atoms with E-state index in [2.05, 4.69) is 13.8 Å². The smallest absolute Gasteiger partial charge is 0.0579 e. The molecule has 1 fully saturated rings. The molecule has 0 amide bonds. The van der Waals surface area contributed by atoms with Crippen LogP contribution in [-0.4, -0.2) is 12.2 Å². The highest BCUT2D eigenvalue weighted by Crippen LogP contribution is 2.24. The molecule has 0 radical (unpaired) electrons. The van der Waals surface area contributed by atoms with Crippen LogP contribution in [0.15, 0.2) is 0 Å². The number of rotatable bonds is 3. The van der Waals surface area contributed by atoms with Crippen LogP contribution in [0.3, 0.4) is 0 Å². The van der Waals surface area contributed by atoms with Gasteiger partial charge < -0.3 is 4.74 Å². The standard InChI is InChI=1S/C9H18O/c1-3-5-9-7-6-8(4-2)10-9/h8-9H,3-7H2,1-2H3. The van der Waals surface area contributed by atoms with Crippen molar-refractivity contribution in [3.05, 3.63) is 0 Å². The Kier molecular flexibility index (Phi) is 3.20. The average molecular weight is 142 g/mol. The largest absolute Gasteiger partial charge is 0.375 e. The molecule has 1 heterocycles. The van der Waals surface area contributed by atoms with Crippen LogP contribution in [0.2, 0.25) is 0 Å². The Morgan fingerprint density at radius 1 is 1.20 bits per heavy atom. The lowest BCUT2D eigenvalue weighted by Crippen LogP contribution is -2.09. The predicted molar refractivity (Wildman–Crippen MR) is 43.1 cm³/mol. The van der Waals surface area contributed by atoms with Crippen molar-refractivity contribution in [3.8, 4) is 0 Å². The molecule has 1 nitrogen and oxygen atoms in total. The Labute approximate surface area is 63.8 Å². The first-order valence-corrected chi connectivity index (χ1v) is 4.52. The second-order valence-electron chi connectivity index (χ2n) is 3.15. The van der Waals surface area contributed by atoms with E-state index >= 15 is 0 Å². The lowest BCUT2D eigenvalue weighted by Gasteiger charge is -2.10. The van der Waals surface area contributed by atoms with Crippen LogP contribution in [0.1, 0.15) is 46.0 Å². The van der Waals surface area contributed by atoms with Gasteiger partial charge in [0.1, 0.15) is 0 Å². The third-order valence-electron chi connectivity index (χ3n) is 2.26. The van der Waals surface area contributed by atoms with Crippen LogP contribution in [0, 0.1) is 0 Å². The maximum atomic E-state index is 5.75. The van der Waals surface area contributed by atoms with E-state index in [1.54, 1.807) is 0 Å². The van der Waals surface area contributed by atoms with Gasteiger partial charge in [-0.25, -0.2) is 0 Å². The molecule has 0 aliphatic carbocycles. The Morgan fingerprint density at radius 2 is 1.90 bits per heavy atom. The van der Waals surface area contributed by atoms with Crippen LogP contribution in [0.25, 0.3) is 0 Å². The van der Waals surface area contributed by atoms with Crippen molar-refractivity contribution in [1.29, 1.82) is 0 Å². The molecule has 2 atom stereocenters. The van der Waals surface area contributed by atoms with Gasteiger partial charge in [0.2, 0.25) is 0 Å². The number of hydrogen-bond donors (Lipinski definition) is 0. The first-order valence-electron chi connectivity index (χ1n) is 4.52. The molecule has 2 unspecified atom stereocenters. The highest BCUT2D eigenvalue weighted by atomic mass is 16.5. The van der Waals surface area contributed by atoms with Crippen LogP contribution < -0.4 is 0 Å². The monoisotopic (exact) mass is 142 g/mol. The molecule has 60 valence electrons. The molecule has 0 spiro atoms. The van der Waals surface area contributed by atoms with Crippen LogP contribution >= 0.6 is 0 Å². The normalized spacial score (nSPS) is 33.0. The zero-order chi connectivity index (χ0) is 7.40.